The number of aliphatic hydroxyl groups is 1. The maximum absolute atomic E-state index is 10.6. The van der Waals surface area contributed by atoms with Crippen LogP contribution >= 0.6 is 15.9 Å². The number of hydrogen-bond acceptors (Lipinski definition) is 2. The zero-order valence-corrected chi connectivity index (χ0v) is 9.12. The highest BCUT2D eigenvalue weighted by molar-refractivity contribution is 9.10. The minimum atomic E-state index is -1.02. The van der Waals surface area contributed by atoms with Crippen molar-refractivity contribution in [3.63, 3.8) is 0 Å². The van der Waals surface area contributed by atoms with Gasteiger partial charge in [0.25, 0.3) is 0 Å². The molecule has 0 atom stereocenters. The molecular weight excluding hydrogens is 248 g/mol. The van der Waals surface area contributed by atoms with Gasteiger partial charge in [0.05, 0.1) is 12.2 Å². The van der Waals surface area contributed by atoms with Crippen LogP contribution in [0.2, 0.25) is 0 Å². The number of aliphatic hydroxyl groups excluding tert-OH is 1. The molecule has 0 spiro atoms. The molecule has 0 aliphatic carbocycles. The second-order valence-corrected chi connectivity index (χ2v) is 3.18. The molecule has 4 heteroatoms. The summed E-state index contributed by atoms with van der Waals surface area (Å²) in [5.41, 5.74) is 0.553. The molecule has 0 fully saturated rings. The molecule has 0 radical (unpaired) electrons. The van der Waals surface area contributed by atoms with Crippen molar-refractivity contribution < 1.29 is 15.0 Å². The minimum absolute atomic E-state index is 0.140. The summed E-state index contributed by atoms with van der Waals surface area (Å²) in [7, 11) is 0. The molecule has 0 aliphatic rings. The second-order valence-electron chi connectivity index (χ2n) is 2.26. The van der Waals surface area contributed by atoms with Crippen LogP contribution < -0.4 is 0 Å². The fourth-order valence-electron chi connectivity index (χ4n) is 0.902. The Morgan fingerprint density at radius 2 is 2.00 bits per heavy atom. The third kappa shape index (κ3) is 3.32. The Morgan fingerprint density at radius 3 is 2.43 bits per heavy atom. The highest BCUT2D eigenvalue weighted by Crippen LogP contribution is 2.16. The second kappa shape index (κ2) is 6.34. The number of halogens is 1. The number of carbonyl (C=O) groups is 1. The molecule has 0 saturated heterocycles. The lowest BCUT2D eigenvalue weighted by Gasteiger charge is -2.02. The molecule has 1 aromatic carbocycles. The van der Waals surface area contributed by atoms with Gasteiger partial charge in [-0.05, 0) is 23.8 Å². The van der Waals surface area contributed by atoms with Gasteiger partial charge in [-0.25, -0.2) is 4.79 Å². The van der Waals surface area contributed by atoms with E-state index in [0.29, 0.717) is 5.56 Å². The molecule has 0 aromatic heterocycles. The Morgan fingerprint density at radius 1 is 1.43 bits per heavy atom. The van der Waals surface area contributed by atoms with Gasteiger partial charge in [0, 0.05) is 4.47 Å². The molecule has 0 amide bonds. The van der Waals surface area contributed by atoms with Crippen LogP contribution in [0.15, 0.2) is 35.8 Å². The fourth-order valence-corrected chi connectivity index (χ4v) is 1.31. The number of hydrogen-bond donors (Lipinski definition) is 2. The van der Waals surface area contributed by atoms with Crippen molar-refractivity contribution in [3.8, 4) is 0 Å². The molecule has 0 bridgehead atoms. The van der Waals surface area contributed by atoms with Crippen LogP contribution in [0.4, 0.5) is 0 Å². The smallest absolute Gasteiger partial charge is 0.336 e. The predicted octanol–water partition coefficient (Wildman–Crippen LogP) is 2.44. The average Bonchev–Trinajstić information content (AvgIpc) is 2.20. The quantitative estimate of drug-likeness (QED) is 0.802. The number of aromatic carboxylic acids is 1. The van der Waals surface area contributed by atoms with Gasteiger partial charge >= 0.3 is 5.97 Å². The number of carboxylic acid groups (broad SMARTS) is 1. The van der Waals surface area contributed by atoms with Crippen molar-refractivity contribution >= 4 is 21.9 Å². The number of carboxylic acids is 1. The summed E-state index contributed by atoms with van der Waals surface area (Å²) in [5, 5.41) is 17.5. The highest BCUT2D eigenvalue weighted by atomic mass is 79.9. The van der Waals surface area contributed by atoms with Crippen LogP contribution in [0.5, 0.6) is 0 Å². The molecule has 0 saturated carbocycles. The minimum Gasteiger partial charge on any atom is -0.478 e. The van der Waals surface area contributed by atoms with E-state index < -0.39 is 5.97 Å². The van der Waals surface area contributed by atoms with E-state index in [4.69, 9.17) is 10.2 Å². The molecule has 76 valence electrons. The lowest BCUT2D eigenvalue weighted by Crippen LogP contribution is -2.01. The van der Waals surface area contributed by atoms with Crippen molar-refractivity contribution in [3.05, 3.63) is 47.0 Å². The van der Waals surface area contributed by atoms with Gasteiger partial charge in [-0.15, -0.1) is 13.2 Å². The van der Waals surface area contributed by atoms with Crippen molar-refractivity contribution in [2.75, 3.05) is 0 Å². The van der Waals surface area contributed by atoms with Crippen LogP contribution in [0, 0.1) is 0 Å². The predicted molar refractivity (Wildman–Crippen MR) is 58.3 cm³/mol. The normalized spacial score (nSPS) is 8.71. The first-order valence-corrected chi connectivity index (χ1v) is 4.57. The Kier molecular flexibility index (Phi) is 5.83. The first kappa shape index (κ1) is 12.9. The zero-order chi connectivity index (χ0) is 11.1. The summed E-state index contributed by atoms with van der Waals surface area (Å²) in [6.07, 6.45) is 0. The topological polar surface area (TPSA) is 57.5 Å². The lowest BCUT2D eigenvalue weighted by atomic mass is 10.1. The Labute approximate surface area is 90.8 Å². The molecular formula is C10H11BrO3. The molecule has 0 heterocycles. The van der Waals surface area contributed by atoms with E-state index in [-0.39, 0.29) is 12.2 Å². The van der Waals surface area contributed by atoms with E-state index in [1.54, 1.807) is 12.1 Å². The van der Waals surface area contributed by atoms with E-state index in [9.17, 15) is 4.79 Å². The van der Waals surface area contributed by atoms with Gasteiger partial charge in [-0.2, -0.15) is 0 Å². The molecule has 0 aliphatic heterocycles. The Balaban J connectivity index is 0.000000791. The van der Waals surface area contributed by atoms with Crippen LogP contribution in [0.25, 0.3) is 0 Å². The number of benzene rings is 1. The van der Waals surface area contributed by atoms with Crippen LogP contribution in [-0.4, -0.2) is 16.2 Å². The van der Waals surface area contributed by atoms with Gasteiger partial charge < -0.3 is 10.2 Å². The monoisotopic (exact) mass is 258 g/mol. The first-order valence-electron chi connectivity index (χ1n) is 3.77. The summed E-state index contributed by atoms with van der Waals surface area (Å²) in [6, 6.07) is 4.67. The summed E-state index contributed by atoms with van der Waals surface area (Å²) in [5.74, 6) is -1.02. The SMILES string of the molecule is C=C.O=C(O)c1ccc(Br)cc1CO. The first-order chi connectivity index (χ1) is 6.65. The number of rotatable bonds is 2. The van der Waals surface area contributed by atoms with Gasteiger partial charge in [0.2, 0.25) is 0 Å². The van der Waals surface area contributed by atoms with Gasteiger partial charge in [0.15, 0.2) is 0 Å². The van der Waals surface area contributed by atoms with E-state index in [0.717, 1.165) is 4.47 Å². The van der Waals surface area contributed by atoms with Gasteiger partial charge in [-0.1, -0.05) is 15.9 Å². The standard InChI is InChI=1S/C8H7BrO3.C2H4/c9-6-1-2-7(8(11)12)5(3-6)4-10;1-2/h1-3,10H,4H2,(H,11,12);1-2H2. The molecule has 3 nitrogen and oxygen atoms in total. The van der Waals surface area contributed by atoms with Crippen molar-refractivity contribution in [2.24, 2.45) is 0 Å². The van der Waals surface area contributed by atoms with Crippen LogP contribution in [-0.2, 0) is 6.61 Å². The molecule has 0 unspecified atom stereocenters. The van der Waals surface area contributed by atoms with E-state index in [1.165, 1.54) is 6.07 Å². The summed E-state index contributed by atoms with van der Waals surface area (Å²) >= 11 is 3.18. The summed E-state index contributed by atoms with van der Waals surface area (Å²) in [4.78, 5) is 10.6. The Hall–Kier alpha value is -1.13. The van der Waals surface area contributed by atoms with Crippen molar-refractivity contribution in [2.45, 2.75) is 6.61 Å². The molecule has 1 aromatic rings. The highest BCUT2D eigenvalue weighted by Gasteiger charge is 2.08. The molecule has 2 N–H and O–H groups in total. The summed E-state index contributed by atoms with van der Waals surface area (Å²) < 4.78 is 0.761. The van der Waals surface area contributed by atoms with Crippen molar-refractivity contribution in [1.82, 2.24) is 0 Å². The third-order valence-corrected chi connectivity index (χ3v) is 1.96. The Bertz CT molecular complexity index is 323. The molecule has 1 rings (SSSR count). The van der Waals surface area contributed by atoms with E-state index in [1.807, 2.05) is 0 Å². The molecule has 14 heavy (non-hydrogen) atoms. The van der Waals surface area contributed by atoms with Crippen LogP contribution in [0.3, 0.4) is 0 Å². The fraction of sp³-hybridized carbons (Fsp3) is 0.100. The third-order valence-electron chi connectivity index (χ3n) is 1.47. The zero-order valence-electron chi connectivity index (χ0n) is 7.53. The van der Waals surface area contributed by atoms with Crippen LogP contribution in [0.1, 0.15) is 15.9 Å². The van der Waals surface area contributed by atoms with Gasteiger partial charge in [0.1, 0.15) is 0 Å². The maximum atomic E-state index is 10.6. The van der Waals surface area contributed by atoms with E-state index >= 15 is 0 Å². The van der Waals surface area contributed by atoms with Crippen molar-refractivity contribution in [1.29, 1.82) is 0 Å². The van der Waals surface area contributed by atoms with Gasteiger partial charge in [-0.3, -0.25) is 0 Å². The largest absolute Gasteiger partial charge is 0.478 e. The average molecular weight is 259 g/mol. The summed E-state index contributed by atoms with van der Waals surface area (Å²) in [6.45, 7) is 5.74. The van der Waals surface area contributed by atoms with E-state index in [2.05, 4.69) is 29.1 Å². The lowest BCUT2D eigenvalue weighted by molar-refractivity contribution is 0.0693. The maximum Gasteiger partial charge on any atom is 0.336 e.